The van der Waals surface area contributed by atoms with Crippen LogP contribution in [0.15, 0.2) is 30.6 Å². The van der Waals surface area contributed by atoms with Crippen molar-refractivity contribution < 1.29 is 4.39 Å². The summed E-state index contributed by atoms with van der Waals surface area (Å²) in [5.41, 5.74) is 1.15. The van der Waals surface area contributed by atoms with Crippen LogP contribution in [0, 0.1) is 5.82 Å². The maximum absolute atomic E-state index is 13.8. The van der Waals surface area contributed by atoms with Gasteiger partial charge in [-0.2, -0.15) is 0 Å². The van der Waals surface area contributed by atoms with Crippen molar-refractivity contribution in [3.8, 4) is 0 Å². The summed E-state index contributed by atoms with van der Waals surface area (Å²) in [4.78, 5) is 4.35. The van der Waals surface area contributed by atoms with Crippen LogP contribution >= 0.6 is 11.6 Å². The van der Waals surface area contributed by atoms with E-state index in [0.29, 0.717) is 17.9 Å². The SMILES string of the molecule is CC(Cl)c1nc2c(F)cccc2n1CCCn1ccnn1. The Labute approximate surface area is 126 Å². The van der Waals surface area contributed by atoms with Crippen LogP contribution in [0.4, 0.5) is 4.39 Å². The minimum atomic E-state index is -0.318. The number of hydrogen-bond acceptors (Lipinski definition) is 3. The third-order valence-electron chi connectivity index (χ3n) is 3.36. The lowest BCUT2D eigenvalue weighted by molar-refractivity contribution is 0.511. The molecule has 5 nitrogen and oxygen atoms in total. The molecule has 21 heavy (non-hydrogen) atoms. The molecule has 2 heterocycles. The lowest BCUT2D eigenvalue weighted by Crippen LogP contribution is -2.08. The molecular formula is C14H15ClFN5. The van der Waals surface area contributed by atoms with Gasteiger partial charge < -0.3 is 4.57 Å². The topological polar surface area (TPSA) is 48.5 Å². The largest absolute Gasteiger partial charge is 0.327 e. The molecule has 0 amide bonds. The van der Waals surface area contributed by atoms with Gasteiger partial charge in [0.15, 0.2) is 5.82 Å². The molecule has 1 unspecified atom stereocenters. The van der Waals surface area contributed by atoms with Gasteiger partial charge in [0.2, 0.25) is 0 Å². The van der Waals surface area contributed by atoms with Crippen molar-refractivity contribution in [2.45, 2.75) is 31.8 Å². The second-order valence-electron chi connectivity index (χ2n) is 4.86. The smallest absolute Gasteiger partial charge is 0.151 e. The number of alkyl halides is 1. The molecule has 3 aromatic rings. The van der Waals surface area contributed by atoms with E-state index in [9.17, 15) is 4.39 Å². The first-order chi connectivity index (χ1) is 10.2. The molecule has 0 bridgehead atoms. The maximum atomic E-state index is 13.8. The molecule has 0 spiro atoms. The summed E-state index contributed by atoms with van der Waals surface area (Å²) in [6.45, 7) is 3.28. The van der Waals surface area contributed by atoms with Crippen LogP contribution in [0.3, 0.4) is 0 Å². The average Bonchev–Trinajstić information content (AvgIpc) is 3.08. The van der Waals surface area contributed by atoms with Gasteiger partial charge in [0.25, 0.3) is 0 Å². The maximum Gasteiger partial charge on any atom is 0.151 e. The van der Waals surface area contributed by atoms with Gasteiger partial charge in [0, 0.05) is 19.3 Å². The zero-order valence-corrected chi connectivity index (χ0v) is 12.3. The highest BCUT2D eigenvalue weighted by Gasteiger charge is 2.16. The lowest BCUT2D eigenvalue weighted by Gasteiger charge is -2.10. The van der Waals surface area contributed by atoms with Crippen LogP contribution in [0.25, 0.3) is 11.0 Å². The van der Waals surface area contributed by atoms with Crippen LogP contribution in [-0.4, -0.2) is 24.5 Å². The van der Waals surface area contributed by atoms with Gasteiger partial charge in [-0.25, -0.2) is 9.37 Å². The molecule has 1 aromatic carbocycles. The quantitative estimate of drug-likeness (QED) is 0.680. The Bertz CT molecular complexity index is 735. The minimum Gasteiger partial charge on any atom is -0.327 e. The van der Waals surface area contributed by atoms with Crippen LogP contribution in [0.5, 0.6) is 0 Å². The van der Waals surface area contributed by atoms with E-state index in [1.165, 1.54) is 6.07 Å². The molecule has 0 aliphatic carbocycles. The molecule has 110 valence electrons. The summed E-state index contributed by atoms with van der Waals surface area (Å²) in [6.07, 6.45) is 4.30. The standard InChI is InChI=1S/C14H15ClFN5/c1-10(15)14-18-13-11(16)4-2-5-12(13)21(14)8-3-7-20-9-6-17-19-20/h2,4-6,9-10H,3,7-8H2,1H3. The van der Waals surface area contributed by atoms with Crippen LogP contribution in [0.1, 0.15) is 24.5 Å². The van der Waals surface area contributed by atoms with Crippen molar-refractivity contribution in [3.63, 3.8) is 0 Å². The number of aromatic nitrogens is 5. The monoisotopic (exact) mass is 307 g/mol. The number of benzene rings is 1. The van der Waals surface area contributed by atoms with Gasteiger partial charge >= 0.3 is 0 Å². The summed E-state index contributed by atoms with van der Waals surface area (Å²) in [7, 11) is 0. The predicted octanol–water partition coefficient (Wildman–Crippen LogP) is 3.16. The van der Waals surface area contributed by atoms with E-state index in [0.717, 1.165) is 18.5 Å². The molecule has 0 radical (unpaired) electrons. The zero-order chi connectivity index (χ0) is 14.8. The predicted molar refractivity (Wildman–Crippen MR) is 78.6 cm³/mol. The Hall–Kier alpha value is -1.95. The van der Waals surface area contributed by atoms with Gasteiger partial charge in [-0.1, -0.05) is 11.3 Å². The minimum absolute atomic E-state index is 0.275. The first-order valence-electron chi connectivity index (χ1n) is 6.79. The molecule has 2 aromatic heterocycles. The fraction of sp³-hybridized carbons (Fsp3) is 0.357. The Morgan fingerprint density at radius 2 is 2.19 bits per heavy atom. The Morgan fingerprint density at radius 1 is 1.33 bits per heavy atom. The summed E-state index contributed by atoms with van der Waals surface area (Å²) in [6, 6.07) is 4.97. The zero-order valence-electron chi connectivity index (χ0n) is 11.6. The first kappa shape index (κ1) is 14.0. The molecule has 0 saturated carbocycles. The highest BCUT2D eigenvalue weighted by Crippen LogP contribution is 2.26. The van der Waals surface area contributed by atoms with Gasteiger partial charge in [-0.3, -0.25) is 4.68 Å². The molecule has 7 heteroatoms. The molecular weight excluding hydrogens is 293 g/mol. The first-order valence-corrected chi connectivity index (χ1v) is 7.23. The van der Waals surface area contributed by atoms with E-state index in [2.05, 4.69) is 15.3 Å². The number of aryl methyl sites for hydroxylation is 2. The third-order valence-corrected chi connectivity index (χ3v) is 3.55. The molecule has 0 aliphatic rings. The number of fused-ring (bicyclic) bond motifs is 1. The number of para-hydroxylation sites is 1. The molecule has 1 atom stereocenters. The van der Waals surface area contributed by atoms with Crippen molar-refractivity contribution in [1.82, 2.24) is 24.5 Å². The van der Waals surface area contributed by atoms with Crippen molar-refractivity contribution in [1.29, 1.82) is 0 Å². The van der Waals surface area contributed by atoms with E-state index in [-0.39, 0.29) is 11.2 Å². The van der Waals surface area contributed by atoms with Crippen LogP contribution < -0.4 is 0 Å². The second kappa shape index (κ2) is 5.81. The summed E-state index contributed by atoms with van der Waals surface area (Å²) < 4.78 is 17.6. The van der Waals surface area contributed by atoms with Crippen molar-refractivity contribution >= 4 is 22.6 Å². The number of hydrogen-bond donors (Lipinski definition) is 0. The highest BCUT2D eigenvalue weighted by molar-refractivity contribution is 6.20. The number of imidazole rings is 1. The van der Waals surface area contributed by atoms with E-state index < -0.39 is 0 Å². The highest BCUT2D eigenvalue weighted by atomic mass is 35.5. The average molecular weight is 308 g/mol. The Balaban J connectivity index is 1.88. The van der Waals surface area contributed by atoms with E-state index in [4.69, 9.17) is 11.6 Å². The van der Waals surface area contributed by atoms with Crippen molar-refractivity contribution in [2.75, 3.05) is 0 Å². The second-order valence-corrected chi connectivity index (χ2v) is 5.52. The van der Waals surface area contributed by atoms with Crippen molar-refractivity contribution in [2.24, 2.45) is 0 Å². The summed E-state index contributed by atoms with van der Waals surface area (Å²) in [5.74, 6) is 0.372. The Kier molecular flexibility index (Phi) is 3.88. The van der Waals surface area contributed by atoms with Crippen LogP contribution in [0.2, 0.25) is 0 Å². The van der Waals surface area contributed by atoms with Gasteiger partial charge in [-0.15, -0.1) is 16.7 Å². The van der Waals surface area contributed by atoms with E-state index in [1.54, 1.807) is 16.9 Å². The number of nitrogens with zero attached hydrogens (tertiary/aromatic N) is 5. The van der Waals surface area contributed by atoms with E-state index >= 15 is 0 Å². The molecule has 0 N–H and O–H groups in total. The van der Waals surface area contributed by atoms with Gasteiger partial charge in [-0.05, 0) is 25.5 Å². The van der Waals surface area contributed by atoms with E-state index in [1.807, 2.05) is 23.8 Å². The Morgan fingerprint density at radius 3 is 2.90 bits per heavy atom. The van der Waals surface area contributed by atoms with Crippen LogP contribution in [-0.2, 0) is 13.1 Å². The van der Waals surface area contributed by atoms with Crippen molar-refractivity contribution in [3.05, 3.63) is 42.2 Å². The molecule has 3 rings (SSSR count). The summed E-state index contributed by atoms with van der Waals surface area (Å²) in [5, 5.41) is 7.42. The summed E-state index contributed by atoms with van der Waals surface area (Å²) >= 11 is 6.18. The van der Waals surface area contributed by atoms with Gasteiger partial charge in [0.1, 0.15) is 11.3 Å². The van der Waals surface area contributed by atoms with Gasteiger partial charge in [0.05, 0.1) is 17.1 Å². The third kappa shape index (κ3) is 2.76. The number of halogens is 2. The molecule has 0 aliphatic heterocycles. The lowest BCUT2D eigenvalue weighted by atomic mass is 10.3. The fourth-order valence-electron chi connectivity index (χ4n) is 2.41. The number of rotatable bonds is 5. The normalized spacial score (nSPS) is 12.9. The molecule has 0 fully saturated rings. The fourth-order valence-corrected chi connectivity index (χ4v) is 2.58. The molecule has 0 saturated heterocycles.